The summed E-state index contributed by atoms with van der Waals surface area (Å²) in [5.41, 5.74) is 5.06. The Labute approximate surface area is 75.5 Å². The van der Waals surface area contributed by atoms with Crippen molar-refractivity contribution in [2.45, 2.75) is 47.0 Å². The van der Waals surface area contributed by atoms with Gasteiger partial charge < -0.3 is 5.73 Å². The zero-order valence-corrected chi connectivity index (χ0v) is 8.68. The van der Waals surface area contributed by atoms with Gasteiger partial charge in [-0.15, -0.1) is 0 Å². The standard InChI is InChI=1S/C10H21NO/c1-5-7-8(3)10(4,6-2)9(11)12/h8H,5-7H2,1-4H3,(H2,11,12). The van der Waals surface area contributed by atoms with E-state index < -0.39 is 0 Å². The van der Waals surface area contributed by atoms with Crippen molar-refractivity contribution in [2.24, 2.45) is 17.1 Å². The van der Waals surface area contributed by atoms with Crippen LogP contribution in [0.5, 0.6) is 0 Å². The van der Waals surface area contributed by atoms with E-state index in [1.54, 1.807) is 0 Å². The first-order valence-corrected chi connectivity index (χ1v) is 4.78. The number of nitrogens with two attached hydrogens (primary N) is 1. The maximum Gasteiger partial charge on any atom is 0.223 e. The highest BCUT2D eigenvalue weighted by molar-refractivity contribution is 5.80. The summed E-state index contributed by atoms with van der Waals surface area (Å²) in [7, 11) is 0. The van der Waals surface area contributed by atoms with E-state index in [1.165, 1.54) is 0 Å². The van der Waals surface area contributed by atoms with Crippen LogP contribution in [0.4, 0.5) is 0 Å². The molecule has 0 aromatic carbocycles. The lowest BCUT2D eigenvalue weighted by Crippen LogP contribution is -2.39. The molecule has 2 nitrogen and oxygen atoms in total. The van der Waals surface area contributed by atoms with Crippen molar-refractivity contribution in [3.05, 3.63) is 0 Å². The fourth-order valence-corrected chi connectivity index (χ4v) is 1.52. The summed E-state index contributed by atoms with van der Waals surface area (Å²) in [5, 5.41) is 0. The van der Waals surface area contributed by atoms with E-state index in [9.17, 15) is 4.79 Å². The van der Waals surface area contributed by atoms with Gasteiger partial charge in [-0.2, -0.15) is 0 Å². The van der Waals surface area contributed by atoms with Crippen LogP contribution in [0.15, 0.2) is 0 Å². The third kappa shape index (κ3) is 2.23. The molecule has 2 N–H and O–H groups in total. The van der Waals surface area contributed by atoms with Gasteiger partial charge in [-0.25, -0.2) is 0 Å². The Balaban J connectivity index is 4.39. The van der Waals surface area contributed by atoms with E-state index in [0.29, 0.717) is 5.92 Å². The van der Waals surface area contributed by atoms with Gasteiger partial charge in [-0.1, -0.05) is 34.1 Å². The van der Waals surface area contributed by atoms with Crippen molar-refractivity contribution in [1.29, 1.82) is 0 Å². The lowest BCUT2D eigenvalue weighted by atomic mass is 9.73. The number of rotatable bonds is 5. The molecule has 2 unspecified atom stereocenters. The van der Waals surface area contributed by atoms with E-state index in [0.717, 1.165) is 19.3 Å². The van der Waals surface area contributed by atoms with Crippen LogP contribution < -0.4 is 5.73 Å². The lowest BCUT2D eigenvalue weighted by Gasteiger charge is -2.31. The maximum absolute atomic E-state index is 11.2. The topological polar surface area (TPSA) is 43.1 Å². The summed E-state index contributed by atoms with van der Waals surface area (Å²) >= 11 is 0. The SMILES string of the molecule is CCCC(C)C(C)(CC)C(N)=O. The molecule has 0 aliphatic rings. The summed E-state index contributed by atoms with van der Waals surface area (Å²) in [6.07, 6.45) is 3.03. The molecule has 0 radical (unpaired) electrons. The number of carbonyl (C=O) groups is 1. The molecular weight excluding hydrogens is 150 g/mol. The second-order valence-electron chi connectivity index (χ2n) is 3.82. The minimum absolute atomic E-state index is 0.161. The molecule has 72 valence electrons. The van der Waals surface area contributed by atoms with E-state index in [4.69, 9.17) is 5.73 Å². The number of amides is 1. The third-order valence-electron chi connectivity index (χ3n) is 3.11. The normalized spacial score (nSPS) is 18.3. The first kappa shape index (κ1) is 11.5. The van der Waals surface area contributed by atoms with Gasteiger partial charge in [-0.05, 0) is 18.8 Å². The summed E-state index contributed by atoms with van der Waals surface area (Å²) in [6.45, 7) is 8.23. The van der Waals surface area contributed by atoms with Gasteiger partial charge in [-0.3, -0.25) is 4.79 Å². The van der Waals surface area contributed by atoms with E-state index in [-0.39, 0.29) is 11.3 Å². The molecule has 12 heavy (non-hydrogen) atoms. The van der Waals surface area contributed by atoms with Gasteiger partial charge in [0.1, 0.15) is 0 Å². The molecule has 0 aliphatic carbocycles. The average Bonchev–Trinajstić information content (AvgIpc) is 2.03. The van der Waals surface area contributed by atoms with E-state index >= 15 is 0 Å². The Morgan fingerprint density at radius 1 is 1.50 bits per heavy atom. The molecular formula is C10H21NO. The first-order valence-electron chi connectivity index (χ1n) is 4.78. The van der Waals surface area contributed by atoms with Crippen molar-refractivity contribution in [1.82, 2.24) is 0 Å². The number of hydrogen-bond acceptors (Lipinski definition) is 1. The summed E-state index contributed by atoms with van der Waals surface area (Å²) in [6, 6.07) is 0. The fraction of sp³-hybridized carbons (Fsp3) is 0.900. The zero-order valence-electron chi connectivity index (χ0n) is 8.68. The van der Waals surface area contributed by atoms with Crippen molar-refractivity contribution in [3.63, 3.8) is 0 Å². The van der Waals surface area contributed by atoms with Crippen LogP contribution in [0.1, 0.15) is 47.0 Å². The lowest BCUT2D eigenvalue weighted by molar-refractivity contribution is -0.129. The number of hydrogen-bond donors (Lipinski definition) is 1. The molecule has 0 heterocycles. The van der Waals surface area contributed by atoms with Crippen LogP contribution in [-0.4, -0.2) is 5.91 Å². The Hall–Kier alpha value is -0.530. The van der Waals surface area contributed by atoms with E-state index in [2.05, 4.69) is 13.8 Å². The summed E-state index contributed by atoms with van der Waals surface area (Å²) in [4.78, 5) is 11.2. The molecule has 1 amide bonds. The van der Waals surface area contributed by atoms with Crippen LogP contribution in [0.2, 0.25) is 0 Å². The zero-order chi connectivity index (χ0) is 9.78. The van der Waals surface area contributed by atoms with Gasteiger partial charge in [0.25, 0.3) is 0 Å². The monoisotopic (exact) mass is 171 g/mol. The number of carbonyl (C=O) groups excluding carboxylic acids is 1. The molecule has 0 bridgehead atoms. The van der Waals surface area contributed by atoms with Crippen LogP contribution in [-0.2, 0) is 4.79 Å². The van der Waals surface area contributed by atoms with Crippen molar-refractivity contribution in [2.75, 3.05) is 0 Å². The summed E-state index contributed by atoms with van der Waals surface area (Å²) < 4.78 is 0. The molecule has 0 fully saturated rings. The smallest absolute Gasteiger partial charge is 0.223 e. The van der Waals surface area contributed by atoms with Gasteiger partial charge in [0.2, 0.25) is 5.91 Å². The van der Waals surface area contributed by atoms with E-state index in [1.807, 2.05) is 13.8 Å². The largest absolute Gasteiger partial charge is 0.369 e. The molecule has 0 aliphatic heterocycles. The van der Waals surface area contributed by atoms with Crippen molar-refractivity contribution in [3.8, 4) is 0 Å². The Bertz CT molecular complexity index is 156. The highest BCUT2D eigenvalue weighted by Gasteiger charge is 2.34. The van der Waals surface area contributed by atoms with Crippen molar-refractivity contribution < 1.29 is 4.79 Å². The Morgan fingerprint density at radius 3 is 2.25 bits per heavy atom. The third-order valence-corrected chi connectivity index (χ3v) is 3.11. The average molecular weight is 171 g/mol. The molecule has 0 saturated carbocycles. The number of primary amides is 1. The minimum Gasteiger partial charge on any atom is -0.369 e. The molecule has 2 heteroatoms. The van der Waals surface area contributed by atoms with Crippen LogP contribution in [0.3, 0.4) is 0 Å². The second kappa shape index (κ2) is 4.48. The van der Waals surface area contributed by atoms with Crippen molar-refractivity contribution >= 4 is 5.91 Å². The van der Waals surface area contributed by atoms with Crippen LogP contribution in [0.25, 0.3) is 0 Å². The predicted molar refractivity (Wildman–Crippen MR) is 51.7 cm³/mol. The maximum atomic E-state index is 11.2. The highest BCUT2D eigenvalue weighted by Crippen LogP contribution is 2.33. The van der Waals surface area contributed by atoms with Crippen LogP contribution in [0, 0.1) is 11.3 Å². The van der Waals surface area contributed by atoms with Gasteiger partial charge in [0, 0.05) is 5.41 Å². The molecule has 0 aromatic heterocycles. The molecule has 0 rings (SSSR count). The van der Waals surface area contributed by atoms with Gasteiger partial charge in [0.05, 0.1) is 0 Å². The summed E-state index contributed by atoms with van der Waals surface area (Å²) in [5.74, 6) is 0.232. The minimum atomic E-state index is -0.310. The first-order chi connectivity index (χ1) is 5.49. The molecule has 2 atom stereocenters. The molecule has 0 aromatic rings. The fourth-order valence-electron chi connectivity index (χ4n) is 1.52. The Morgan fingerprint density at radius 2 is 2.00 bits per heavy atom. The van der Waals surface area contributed by atoms with Crippen LogP contribution >= 0.6 is 0 Å². The molecule has 0 saturated heterocycles. The second-order valence-corrected chi connectivity index (χ2v) is 3.82. The van der Waals surface area contributed by atoms with Gasteiger partial charge in [0.15, 0.2) is 0 Å². The predicted octanol–water partition coefficient (Wildman–Crippen LogP) is 2.32. The Kier molecular flexibility index (Phi) is 4.29. The quantitative estimate of drug-likeness (QED) is 0.677. The highest BCUT2D eigenvalue weighted by atomic mass is 16.1. The van der Waals surface area contributed by atoms with Gasteiger partial charge >= 0.3 is 0 Å². The molecule has 0 spiro atoms.